The maximum atomic E-state index is 11.4. The largest absolute Gasteiger partial charge is 0.478 e. The third-order valence-electron chi connectivity index (χ3n) is 3.35. The lowest BCUT2D eigenvalue weighted by Gasteiger charge is -2.22. The molecule has 0 aromatic heterocycles. The van der Waals surface area contributed by atoms with E-state index in [2.05, 4.69) is 5.32 Å². The standard InChI is InChI=1S/C13H21NO3/c1-10(11-6-4-2-3-5-7-11)14-12(15)8-9-13(16)17/h8-11H,2-7H2,1H3,(H,14,15)(H,16,17)/b9-8+/t10-/m1/s1. The van der Waals surface area contributed by atoms with Crippen molar-refractivity contribution in [1.82, 2.24) is 5.32 Å². The molecule has 0 aromatic rings. The molecule has 96 valence electrons. The van der Waals surface area contributed by atoms with Crippen molar-refractivity contribution in [2.24, 2.45) is 5.92 Å². The van der Waals surface area contributed by atoms with Crippen molar-refractivity contribution in [1.29, 1.82) is 0 Å². The van der Waals surface area contributed by atoms with Crippen LogP contribution in [0.2, 0.25) is 0 Å². The average Bonchev–Trinajstić information content (AvgIpc) is 2.54. The molecule has 1 saturated carbocycles. The first-order chi connectivity index (χ1) is 8.09. The zero-order valence-electron chi connectivity index (χ0n) is 10.3. The summed E-state index contributed by atoms with van der Waals surface area (Å²) in [6, 6.07) is 0.124. The minimum atomic E-state index is -1.10. The van der Waals surface area contributed by atoms with Gasteiger partial charge in [0.05, 0.1) is 0 Å². The van der Waals surface area contributed by atoms with Gasteiger partial charge in [-0.2, -0.15) is 0 Å². The van der Waals surface area contributed by atoms with E-state index < -0.39 is 5.97 Å². The van der Waals surface area contributed by atoms with Crippen LogP contribution in [0.25, 0.3) is 0 Å². The van der Waals surface area contributed by atoms with Crippen molar-refractivity contribution in [2.45, 2.75) is 51.5 Å². The van der Waals surface area contributed by atoms with Crippen molar-refractivity contribution in [3.8, 4) is 0 Å². The van der Waals surface area contributed by atoms with E-state index in [-0.39, 0.29) is 11.9 Å². The van der Waals surface area contributed by atoms with Crippen LogP contribution in [0.15, 0.2) is 12.2 Å². The van der Waals surface area contributed by atoms with Gasteiger partial charge >= 0.3 is 5.97 Å². The fraction of sp³-hybridized carbons (Fsp3) is 0.692. The second-order valence-corrected chi connectivity index (χ2v) is 4.72. The summed E-state index contributed by atoms with van der Waals surface area (Å²) >= 11 is 0. The molecule has 4 heteroatoms. The molecule has 0 bridgehead atoms. The number of nitrogens with one attached hydrogen (secondary N) is 1. The topological polar surface area (TPSA) is 66.4 Å². The van der Waals surface area contributed by atoms with E-state index in [0.29, 0.717) is 5.92 Å². The second kappa shape index (κ2) is 7.09. The molecule has 0 heterocycles. The molecule has 1 aliphatic rings. The molecule has 0 spiro atoms. The van der Waals surface area contributed by atoms with Crippen molar-refractivity contribution in [3.63, 3.8) is 0 Å². The van der Waals surface area contributed by atoms with Crippen molar-refractivity contribution in [2.75, 3.05) is 0 Å². The molecule has 0 aromatic carbocycles. The van der Waals surface area contributed by atoms with Crippen LogP contribution >= 0.6 is 0 Å². The van der Waals surface area contributed by atoms with E-state index in [9.17, 15) is 9.59 Å². The lowest BCUT2D eigenvalue weighted by atomic mass is 9.93. The van der Waals surface area contributed by atoms with Crippen LogP contribution in [-0.2, 0) is 9.59 Å². The normalized spacial score (nSPS) is 19.8. The molecule has 4 nitrogen and oxygen atoms in total. The molecule has 1 amide bonds. The average molecular weight is 239 g/mol. The Balaban J connectivity index is 2.38. The molecule has 0 unspecified atom stereocenters. The van der Waals surface area contributed by atoms with Crippen LogP contribution < -0.4 is 5.32 Å². The van der Waals surface area contributed by atoms with Crippen LogP contribution in [0.3, 0.4) is 0 Å². The predicted octanol–water partition coefficient (Wildman–Crippen LogP) is 2.10. The maximum absolute atomic E-state index is 11.4. The zero-order valence-corrected chi connectivity index (χ0v) is 10.3. The Hall–Kier alpha value is -1.32. The summed E-state index contributed by atoms with van der Waals surface area (Å²) in [5.41, 5.74) is 0. The minimum Gasteiger partial charge on any atom is -0.478 e. The third kappa shape index (κ3) is 5.52. The highest BCUT2D eigenvalue weighted by Crippen LogP contribution is 2.25. The molecular weight excluding hydrogens is 218 g/mol. The van der Waals surface area contributed by atoms with Gasteiger partial charge in [0, 0.05) is 18.2 Å². The molecule has 2 N–H and O–H groups in total. The van der Waals surface area contributed by atoms with E-state index in [0.717, 1.165) is 25.0 Å². The Bertz CT molecular complexity index is 291. The Labute approximate surface area is 102 Å². The summed E-state index contributed by atoms with van der Waals surface area (Å²) in [6.07, 6.45) is 9.30. The Kier molecular flexibility index (Phi) is 5.73. The summed E-state index contributed by atoms with van der Waals surface area (Å²) in [7, 11) is 0. The summed E-state index contributed by atoms with van der Waals surface area (Å²) in [6.45, 7) is 2.00. The van der Waals surface area contributed by atoms with Crippen molar-refractivity contribution in [3.05, 3.63) is 12.2 Å². The van der Waals surface area contributed by atoms with Gasteiger partial charge in [-0.1, -0.05) is 25.7 Å². The molecule has 1 aliphatic carbocycles. The predicted molar refractivity (Wildman–Crippen MR) is 65.6 cm³/mol. The van der Waals surface area contributed by atoms with E-state index in [1.165, 1.54) is 25.7 Å². The maximum Gasteiger partial charge on any atom is 0.328 e. The van der Waals surface area contributed by atoms with Gasteiger partial charge in [0.1, 0.15) is 0 Å². The van der Waals surface area contributed by atoms with E-state index >= 15 is 0 Å². The van der Waals surface area contributed by atoms with Gasteiger partial charge in [-0.05, 0) is 25.7 Å². The minimum absolute atomic E-state index is 0.124. The molecule has 0 saturated heterocycles. The van der Waals surface area contributed by atoms with Crippen LogP contribution in [0.1, 0.15) is 45.4 Å². The van der Waals surface area contributed by atoms with Gasteiger partial charge in [0.2, 0.25) is 5.91 Å². The number of carbonyl (C=O) groups excluding carboxylic acids is 1. The smallest absolute Gasteiger partial charge is 0.328 e. The van der Waals surface area contributed by atoms with Crippen LogP contribution in [0, 0.1) is 5.92 Å². The van der Waals surface area contributed by atoms with Crippen molar-refractivity contribution >= 4 is 11.9 Å². The Morgan fingerprint density at radius 1 is 1.18 bits per heavy atom. The van der Waals surface area contributed by atoms with Gasteiger partial charge in [0.15, 0.2) is 0 Å². The summed E-state index contributed by atoms with van der Waals surface area (Å²) in [5, 5.41) is 11.3. The second-order valence-electron chi connectivity index (χ2n) is 4.72. The number of carboxylic acids is 1. The number of carboxylic acid groups (broad SMARTS) is 1. The number of hydrogen-bond donors (Lipinski definition) is 2. The summed E-state index contributed by atoms with van der Waals surface area (Å²) in [4.78, 5) is 21.7. The van der Waals surface area contributed by atoms with E-state index in [1.54, 1.807) is 0 Å². The Morgan fingerprint density at radius 3 is 2.29 bits per heavy atom. The van der Waals surface area contributed by atoms with Crippen LogP contribution in [0.5, 0.6) is 0 Å². The molecule has 0 aliphatic heterocycles. The van der Waals surface area contributed by atoms with Crippen LogP contribution in [-0.4, -0.2) is 23.0 Å². The van der Waals surface area contributed by atoms with Gasteiger partial charge in [0.25, 0.3) is 0 Å². The highest BCUT2D eigenvalue weighted by molar-refractivity contribution is 5.93. The first kappa shape index (κ1) is 13.7. The molecule has 1 atom stereocenters. The third-order valence-corrected chi connectivity index (χ3v) is 3.35. The lowest BCUT2D eigenvalue weighted by Crippen LogP contribution is -2.37. The van der Waals surface area contributed by atoms with E-state index in [1.807, 2.05) is 6.92 Å². The lowest BCUT2D eigenvalue weighted by molar-refractivity contribution is -0.131. The zero-order chi connectivity index (χ0) is 12.7. The van der Waals surface area contributed by atoms with Gasteiger partial charge < -0.3 is 10.4 Å². The van der Waals surface area contributed by atoms with Crippen molar-refractivity contribution < 1.29 is 14.7 Å². The number of aliphatic carboxylic acids is 1. The van der Waals surface area contributed by atoms with Crippen LogP contribution in [0.4, 0.5) is 0 Å². The molecular formula is C13H21NO3. The monoisotopic (exact) mass is 239 g/mol. The summed E-state index contributed by atoms with van der Waals surface area (Å²) in [5.74, 6) is -0.883. The number of carbonyl (C=O) groups is 2. The fourth-order valence-electron chi connectivity index (χ4n) is 2.35. The highest BCUT2D eigenvalue weighted by atomic mass is 16.4. The highest BCUT2D eigenvalue weighted by Gasteiger charge is 2.19. The molecule has 1 rings (SSSR count). The summed E-state index contributed by atoms with van der Waals surface area (Å²) < 4.78 is 0. The fourth-order valence-corrected chi connectivity index (χ4v) is 2.35. The van der Waals surface area contributed by atoms with Gasteiger partial charge in [-0.3, -0.25) is 4.79 Å². The molecule has 0 radical (unpaired) electrons. The SMILES string of the molecule is C[C@@H](NC(=O)/C=C/C(=O)O)C1CCCCCC1. The number of amides is 1. The Morgan fingerprint density at radius 2 is 1.76 bits per heavy atom. The van der Waals surface area contributed by atoms with E-state index in [4.69, 9.17) is 5.11 Å². The molecule has 1 fully saturated rings. The molecule has 17 heavy (non-hydrogen) atoms. The number of rotatable bonds is 4. The first-order valence-electron chi connectivity index (χ1n) is 6.31. The quantitative estimate of drug-likeness (QED) is 0.583. The first-order valence-corrected chi connectivity index (χ1v) is 6.31. The number of hydrogen-bond acceptors (Lipinski definition) is 2. The van der Waals surface area contributed by atoms with Gasteiger partial charge in [-0.15, -0.1) is 0 Å². The van der Waals surface area contributed by atoms with Gasteiger partial charge in [-0.25, -0.2) is 4.79 Å².